The molecule has 2 heterocycles. The van der Waals surface area contributed by atoms with Crippen LogP contribution >= 0.6 is 0 Å². The molecule has 0 atom stereocenters. The first-order valence-electron chi connectivity index (χ1n) is 6.02. The van der Waals surface area contributed by atoms with E-state index < -0.39 is 0 Å². The van der Waals surface area contributed by atoms with Gasteiger partial charge in [0.25, 0.3) is 0 Å². The van der Waals surface area contributed by atoms with Gasteiger partial charge >= 0.3 is 0 Å². The van der Waals surface area contributed by atoms with Crippen molar-refractivity contribution in [3.63, 3.8) is 0 Å². The molecule has 3 N–H and O–H groups in total. The molecule has 0 saturated heterocycles. The number of rotatable bonds is 4. The van der Waals surface area contributed by atoms with Crippen molar-refractivity contribution in [2.24, 2.45) is 0 Å². The zero-order valence-corrected chi connectivity index (χ0v) is 10.8. The monoisotopic (exact) mass is 256 g/mol. The average molecular weight is 256 g/mol. The third-order valence-electron chi connectivity index (χ3n) is 2.65. The van der Waals surface area contributed by atoms with Crippen LogP contribution in [0.5, 0.6) is 0 Å². The number of hydrogen-bond donors (Lipinski definition) is 2. The lowest BCUT2D eigenvalue weighted by molar-refractivity contribution is -0.120. The summed E-state index contributed by atoms with van der Waals surface area (Å²) in [7, 11) is 0. The third-order valence-corrected chi connectivity index (χ3v) is 2.65. The summed E-state index contributed by atoms with van der Waals surface area (Å²) in [5.74, 6) is -0.0714. The van der Waals surface area contributed by atoms with Crippen LogP contribution in [0.1, 0.15) is 17.0 Å². The van der Waals surface area contributed by atoms with E-state index in [9.17, 15) is 4.79 Å². The highest BCUT2D eigenvalue weighted by molar-refractivity contribution is 5.78. The minimum absolute atomic E-state index is 0.0714. The van der Waals surface area contributed by atoms with Crippen LogP contribution in [0.2, 0.25) is 0 Å². The van der Waals surface area contributed by atoms with Gasteiger partial charge in [0.05, 0.1) is 18.3 Å². The normalized spacial score (nSPS) is 10.2. The van der Waals surface area contributed by atoms with Gasteiger partial charge in [-0.05, 0) is 30.7 Å². The van der Waals surface area contributed by atoms with Crippen LogP contribution in [-0.2, 0) is 17.8 Å². The van der Waals surface area contributed by atoms with E-state index in [0.717, 1.165) is 11.3 Å². The van der Waals surface area contributed by atoms with Crippen LogP contribution in [-0.4, -0.2) is 15.9 Å². The number of amides is 1. The number of carbonyl (C=O) groups excluding carboxylic acids is 1. The van der Waals surface area contributed by atoms with Gasteiger partial charge in [-0.2, -0.15) is 0 Å². The van der Waals surface area contributed by atoms with Crippen LogP contribution in [0.25, 0.3) is 0 Å². The number of nitrogens with zero attached hydrogens (tertiary/aromatic N) is 2. The second kappa shape index (κ2) is 5.95. The molecule has 0 unspecified atom stereocenters. The number of aryl methyl sites for hydroxylation is 1. The summed E-state index contributed by atoms with van der Waals surface area (Å²) >= 11 is 0. The molecule has 0 aliphatic rings. The fraction of sp³-hybridized carbons (Fsp3) is 0.214. The summed E-state index contributed by atoms with van der Waals surface area (Å²) in [6.07, 6.45) is 3.56. The minimum atomic E-state index is -0.0714. The molecule has 0 aliphatic carbocycles. The Morgan fingerprint density at radius 3 is 2.68 bits per heavy atom. The molecule has 98 valence electrons. The molecule has 0 fully saturated rings. The van der Waals surface area contributed by atoms with E-state index in [4.69, 9.17) is 5.73 Å². The number of hydrogen-bond acceptors (Lipinski definition) is 4. The summed E-state index contributed by atoms with van der Waals surface area (Å²) in [5, 5.41) is 2.83. The highest BCUT2D eigenvalue weighted by Gasteiger charge is 2.04. The molecule has 19 heavy (non-hydrogen) atoms. The van der Waals surface area contributed by atoms with Gasteiger partial charge in [0.2, 0.25) is 5.91 Å². The molecular weight excluding hydrogens is 240 g/mol. The molecule has 0 bridgehead atoms. The maximum atomic E-state index is 11.7. The van der Waals surface area contributed by atoms with Crippen LogP contribution in [0.3, 0.4) is 0 Å². The number of nitrogens with two attached hydrogens (primary N) is 1. The summed E-state index contributed by atoms with van der Waals surface area (Å²) in [6.45, 7) is 2.40. The topological polar surface area (TPSA) is 80.9 Å². The average Bonchev–Trinajstić information content (AvgIpc) is 2.41. The molecule has 0 saturated carbocycles. The zero-order valence-electron chi connectivity index (χ0n) is 10.8. The second-order valence-electron chi connectivity index (χ2n) is 4.34. The SMILES string of the molecule is Cc1ccc(CNC(=O)Cc2ccc(N)cn2)cn1. The van der Waals surface area contributed by atoms with E-state index >= 15 is 0 Å². The molecule has 5 heteroatoms. The number of pyridine rings is 2. The number of nitrogens with one attached hydrogen (secondary N) is 1. The summed E-state index contributed by atoms with van der Waals surface area (Å²) in [5.41, 5.74) is 8.76. The van der Waals surface area contributed by atoms with E-state index in [1.165, 1.54) is 0 Å². The maximum absolute atomic E-state index is 11.7. The molecule has 0 aliphatic heterocycles. The second-order valence-corrected chi connectivity index (χ2v) is 4.34. The Kier molecular flexibility index (Phi) is 4.07. The molecule has 1 amide bonds. The van der Waals surface area contributed by atoms with E-state index in [0.29, 0.717) is 17.9 Å². The predicted octanol–water partition coefficient (Wildman–Crippen LogP) is 1.23. The van der Waals surface area contributed by atoms with Crippen molar-refractivity contribution in [2.75, 3.05) is 5.73 Å². The smallest absolute Gasteiger partial charge is 0.226 e. The first kappa shape index (κ1) is 13.0. The van der Waals surface area contributed by atoms with Crippen molar-refractivity contribution in [1.82, 2.24) is 15.3 Å². The van der Waals surface area contributed by atoms with E-state index in [2.05, 4.69) is 15.3 Å². The standard InChI is InChI=1S/C14H16N4O/c1-10-2-3-11(7-16-10)8-18-14(19)6-13-5-4-12(15)9-17-13/h2-5,7,9H,6,8,15H2,1H3,(H,18,19). The van der Waals surface area contributed by atoms with Crippen molar-refractivity contribution in [2.45, 2.75) is 19.9 Å². The van der Waals surface area contributed by atoms with Crippen molar-refractivity contribution in [3.8, 4) is 0 Å². The fourth-order valence-electron chi connectivity index (χ4n) is 1.57. The van der Waals surface area contributed by atoms with Gasteiger partial charge < -0.3 is 11.1 Å². The first-order valence-corrected chi connectivity index (χ1v) is 6.02. The Hall–Kier alpha value is -2.43. The molecular formula is C14H16N4O. The first-order chi connectivity index (χ1) is 9.13. The highest BCUT2D eigenvalue weighted by Crippen LogP contribution is 2.02. The summed E-state index contributed by atoms with van der Waals surface area (Å²) in [6, 6.07) is 7.36. The van der Waals surface area contributed by atoms with Crippen LogP contribution in [0, 0.1) is 6.92 Å². The Morgan fingerprint density at radius 1 is 1.21 bits per heavy atom. The van der Waals surface area contributed by atoms with Gasteiger partial charge in [-0.1, -0.05) is 6.07 Å². The van der Waals surface area contributed by atoms with Crippen molar-refractivity contribution >= 4 is 11.6 Å². The lowest BCUT2D eigenvalue weighted by atomic mass is 10.2. The molecule has 0 radical (unpaired) electrons. The summed E-state index contributed by atoms with van der Waals surface area (Å²) < 4.78 is 0. The Labute approximate surface area is 111 Å². The van der Waals surface area contributed by atoms with Crippen molar-refractivity contribution in [1.29, 1.82) is 0 Å². The quantitative estimate of drug-likeness (QED) is 0.862. The molecule has 0 aromatic carbocycles. The van der Waals surface area contributed by atoms with Crippen LogP contribution in [0.15, 0.2) is 36.7 Å². The van der Waals surface area contributed by atoms with Gasteiger partial charge in [0, 0.05) is 24.1 Å². The minimum Gasteiger partial charge on any atom is -0.397 e. The van der Waals surface area contributed by atoms with E-state index in [1.54, 1.807) is 24.5 Å². The zero-order chi connectivity index (χ0) is 13.7. The Morgan fingerprint density at radius 2 is 2.05 bits per heavy atom. The third kappa shape index (κ3) is 4.06. The van der Waals surface area contributed by atoms with E-state index in [1.807, 2.05) is 19.1 Å². The largest absolute Gasteiger partial charge is 0.397 e. The number of nitrogen functional groups attached to an aromatic ring is 1. The molecule has 0 spiro atoms. The van der Waals surface area contributed by atoms with Gasteiger partial charge in [-0.3, -0.25) is 14.8 Å². The predicted molar refractivity (Wildman–Crippen MR) is 73.2 cm³/mol. The van der Waals surface area contributed by atoms with Crippen LogP contribution < -0.4 is 11.1 Å². The molecule has 2 aromatic heterocycles. The lowest BCUT2D eigenvalue weighted by Crippen LogP contribution is -2.25. The lowest BCUT2D eigenvalue weighted by Gasteiger charge is -2.05. The van der Waals surface area contributed by atoms with Gasteiger partial charge in [-0.15, -0.1) is 0 Å². The van der Waals surface area contributed by atoms with Gasteiger partial charge in [-0.25, -0.2) is 0 Å². The van der Waals surface area contributed by atoms with Crippen molar-refractivity contribution in [3.05, 3.63) is 53.6 Å². The molecule has 5 nitrogen and oxygen atoms in total. The Bertz CT molecular complexity index is 549. The van der Waals surface area contributed by atoms with Crippen molar-refractivity contribution < 1.29 is 4.79 Å². The fourth-order valence-corrected chi connectivity index (χ4v) is 1.57. The number of anilines is 1. The number of carbonyl (C=O) groups is 1. The van der Waals surface area contributed by atoms with Gasteiger partial charge in [0.15, 0.2) is 0 Å². The Balaban J connectivity index is 1.84. The molecule has 2 aromatic rings. The van der Waals surface area contributed by atoms with Gasteiger partial charge in [0.1, 0.15) is 0 Å². The summed E-state index contributed by atoms with van der Waals surface area (Å²) in [4.78, 5) is 20.0. The number of aromatic nitrogens is 2. The van der Waals surface area contributed by atoms with Crippen LogP contribution in [0.4, 0.5) is 5.69 Å². The molecule has 2 rings (SSSR count). The maximum Gasteiger partial charge on any atom is 0.226 e. The highest BCUT2D eigenvalue weighted by atomic mass is 16.1. The van der Waals surface area contributed by atoms with E-state index in [-0.39, 0.29) is 12.3 Å².